The first-order chi connectivity index (χ1) is 6.90. The van der Waals surface area contributed by atoms with Crippen molar-refractivity contribution < 1.29 is 4.74 Å². The van der Waals surface area contributed by atoms with Gasteiger partial charge in [-0.25, -0.2) is 0 Å². The molecule has 1 unspecified atom stereocenters. The predicted octanol–water partition coefficient (Wildman–Crippen LogP) is 0.836. The number of likely N-dealkylation sites (tertiary alicyclic amines) is 1. The van der Waals surface area contributed by atoms with E-state index >= 15 is 0 Å². The van der Waals surface area contributed by atoms with Crippen LogP contribution in [0.1, 0.15) is 25.7 Å². The first-order valence-electron chi connectivity index (χ1n) is 5.92. The van der Waals surface area contributed by atoms with Crippen LogP contribution < -0.4 is 5.73 Å². The van der Waals surface area contributed by atoms with Gasteiger partial charge in [-0.15, -0.1) is 0 Å². The maximum Gasteiger partial charge on any atom is 0.0516 e. The van der Waals surface area contributed by atoms with E-state index in [1.807, 2.05) is 0 Å². The largest absolute Gasteiger partial charge is 0.381 e. The number of nitrogens with two attached hydrogens (primary N) is 1. The van der Waals surface area contributed by atoms with E-state index in [9.17, 15) is 0 Å². The van der Waals surface area contributed by atoms with Gasteiger partial charge in [-0.1, -0.05) is 0 Å². The van der Waals surface area contributed by atoms with Crippen LogP contribution in [0.3, 0.4) is 0 Å². The Bertz CT molecular complexity index is 171. The maximum atomic E-state index is 5.52. The van der Waals surface area contributed by atoms with E-state index in [4.69, 9.17) is 10.5 Å². The summed E-state index contributed by atoms with van der Waals surface area (Å²) in [5.41, 5.74) is 5.52. The highest BCUT2D eigenvalue weighted by atomic mass is 16.5. The molecule has 2 heterocycles. The van der Waals surface area contributed by atoms with Crippen LogP contribution in [0.15, 0.2) is 0 Å². The molecule has 0 aromatic heterocycles. The van der Waals surface area contributed by atoms with E-state index < -0.39 is 0 Å². The average molecular weight is 198 g/mol. The number of hydrogen-bond acceptors (Lipinski definition) is 3. The van der Waals surface area contributed by atoms with E-state index in [1.165, 1.54) is 38.8 Å². The SMILES string of the molecule is NCCCC1CCN1CCC1COC1. The summed E-state index contributed by atoms with van der Waals surface area (Å²) < 4.78 is 5.18. The van der Waals surface area contributed by atoms with Crippen LogP contribution >= 0.6 is 0 Å². The van der Waals surface area contributed by atoms with Gasteiger partial charge in [0.1, 0.15) is 0 Å². The standard InChI is InChI=1S/C11H22N2O/c12-5-1-2-11-4-7-13(11)6-3-10-8-14-9-10/h10-11H,1-9,12H2. The van der Waals surface area contributed by atoms with Crippen molar-refractivity contribution in [1.82, 2.24) is 4.90 Å². The van der Waals surface area contributed by atoms with E-state index in [1.54, 1.807) is 0 Å². The van der Waals surface area contributed by atoms with Gasteiger partial charge in [0.05, 0.1) is 13.2 Å². The number of rotatable bonds is 6. The summed E-state index contributed by atoms with van der Waals surface area (Å²) in [7, 11) is 0. The third kappa shape index (κ3) is 2.47. The zero-order valence-electron chi connectivity index (χ0n) is 8.95. The lowest BCUT2D eigenvalue weighted by Gasteiger charge is -2.42. The first kappa shape index (κ1) is 10.4. The molecule has 3 nitrogen and oxygen atoms in total. The number of nitrogens with zero attached hydrogens (tertiary/aromatic N) is 1. The Labute approximate surface area is 86.6 Å². The van der Waals surface area contributed by atoms with E-state index in [0.717, 1.165) is 31.7 Å². The molecule has 0 aromatic carbocycles. The minimum absolute atomic E-state index is 0.847. The molecule has 0 spiro atoms. The molecule has 2 aliphatic rings. The summed E-state index contributed by atoms with van der Waals surface area (Å²) in [5, 5.41) is 0. The summed E-state index contributed by atoms with van der Waals surface area (Å²) in [6.45, 7) is 5.44. The predicted molar refractivity (Wildman–Crippen MR) is 57.2 cm³/mol. The van der Waals surface area contributed by atoms with Crippen molar-refractivity contribution in [1.29, 1.82) is 0 Å². The summed E-state index contributed by atoms with van der Waals surface area (Å²) in [6.07, 6.45) is 5.21. The number of ether oxygens (including phenoxy) is 1. The molecule has 2 aliphatic heterocycles. The van der Waals surface area contributed by atoms with Gasteiger partial charge in [0.25, 0.3) is 0 Å². The third-order valence-electron chi connectivity index (χ3n) is 3.54. The van der Waals surface area contributed by atoms with Crippen molar-refractivity contribution >= 4 is 0 Å². The van der Waals surface area contributed by atoms with Crippen LogP contribution in [0.2, 0.25) is 0 Å². The normalized spacial score (nSPS) is 28.5. The molecule has 2 saturated heterocycles. The molecule has 3 heteroatoms. The van der Waals surface area contributed by atoms with Gasteiger partial charge >= 0.3 is 0 Å². The fourth-order valence-corrected chi connectivity index (χ4v) is 2.27. The molecule has 0 saturated carbocycles. The highest BCUT2D eigenvalue weighted by Gasteiger charge is 2.28. The van der Waals surface area contributed by atoms with Crippen molar-refractivity contribution in [2.75, 3.05) is 32.8 Å². The fraction of sp³-hybridized carbons (Fsp3) is 1.00. The van der Waals surface area contributed by atoms with Gasteiger partial charge in [-0.2, -0.15) is 0 Å². The Hall–Kier alpha value is -0.120. The van der Waals surface area contributed by atoms with Gasteiger partial charge in [0.15, 0.2) is 0 Å². The lowest BCUT2D eigenvalue weighted by atomic mass is 9.95. The summed E-state index contributed by atoms with van der Waals surface area (Å²) in [6, 6.07) is 0.847. The van der Waals surface area contributed by atoms with Crippen LogP contribution in [0.4, 0.5) is 0 Å². The zero-order valence-corrected chi connectivity index (χ0v) is 8.95. The fourth-order valence-electron chi connectivity index (χ4n) is 2.27. The topological polar surface area (TPSA) is 38.5 Å². The molecular weight excluding hydrogens is 176 g/mol. The Morgan fingerprint density at radius 3 is 2.64 bits per heavy atom. The van der Waals surface area contributed by atoms with Crippen LogP contribution in [-0.4, -0.2) is 43.8 Å². The Kier molecular flexibility index (Phi) is 3.79. The van der Waals surface area contributed by atoms with E-state index in [0.29, 0.717) is 0 Å². The molecular formula is C11H22N2O. The van der Waals surface area contributed by atoms with Gasteiger partial charge in [0, 0.05) is 12.0 Å². The van der Waals surface area contributed by atoms with Gasteiger partial charge in [0.2, 0.25) is 0 Å². The molecule has 14 heavy (non-hydrogen) atoms. The van der Waals surface area contributed by atoms with Crippen molar-refractivity contribution in [2.24, 2.45) is 11.7 Å². The van der Waals surface area contributed by atoms with Gasteiger partial charge in [-0.3, -0.25) is 0 Å². The van der Waals surface area contributed by atoms with Gasteiger partial charge < -0.3 is 15.4 Å². The number of hydrogen-bond donors (Lipinski definition) is 1. The second-order valence-corrected chi connectivity index (χ2v) is 4.60. The molecule has 2 N–H and O–H groups in total. The van der Waals surface area contributed by atoms with Crippen molar-refractivity contribution in [3.63, 3.8) is 0 Å². The highest BCUT2D eigenvalue weighted by molar-refractivity contribution is 4.83. The summed E-state index contributed by atoms with van der Waals surface area (Å²) in [4.78, 5) is 2.62. The minimum Gasteiger partial charge on any atom is -0.381 e. The van der Waals surface area contributed by atoms with Crippen LogP contribution in [-0.2, 0) is 4.74 Å². The van der Waals surface area contributed by atoms with E-state index in [-0.39, 0.29) is 0 Å². The van der Waals surface area contributed by atoms with Crippen molar-refractivity contribution in [2.45, 2.75) is 31.7 Å². The Morgan fingerprint density at radius 2 is 2.14 bits per heavy atom. The zero-order chi connectivity index (χ0) is 9.80. The van der Waals surface area contributed by atoms with Crippen molar-refractivity contribution in [3.05, 3.63) is 0 Å². The average Bonchev–Trinajstić information content (AvgIpc) is 2.08. The van der Waals surface area contributed by atoms with E-state index in [2.05, 4.69) is 4.90 Å². The first-order valence-corrected chi connectivity index (χ1v) is 5.92. The quantitative estimate of drug-likeness (QED) is 0.687. The molecule has 1 atom stereocenters. The Balaban J connectivity index is 1.56. The molecule has 2 rings (SSSR count). The van der Waals surface area contributed by atoms with Crippen molar-refractivity contribution in [3.8, 4) is 0 Å². The second-order valence-electron chi connectivity index (χ2n) is 4.60. The lowest BCUT2D eigenvalue weighted by molar-refractivity contribution is -0.0452. The smallest absolute Gasteiger partial charge is 0.0516 e. The van der Waals surface area contributed by atoms with Crippen LogP contribution in [0.25, 0.3) is 0 Å². The summed E-state index contributed by atoms with van der Waals surface area (Å²) in [5.74, 6) is 0.853. The van der Waals surface area contributed by atoms with Gasteiger partial charge in [-0.05, 0) is 45.3 Å². The second kappa shape index (κ2) is 5.10. The molecule has 2 fully saturated rings. The Morgan fingerprint density at radius 1 is 1.29 bits per heavy atom. The monoisotopic (exact) mass is 198 g/mol. The molecule has 0 amide bonds. The highest BCUT2D eigenvalue weighted by Crippen LogP contribution is 2.24. The van der Waals surface area contributed by atoms with Crippen LogP contribution in [0.5, 0.6) is 0 Å². The molecule has 82 valence electrons. The molecule has 0 bridgehead atoms. The molecule has 0 radical (unpaired) electrons. The lowest BCUT2D eigenvalue weighted by Crippen LogP contribution is -2.49. The molecule has 0 aliphatic carbocycles. The summed E-state index contributed by atoms with van der Waals surface area (Å²) >= 11 is 0. The maximum absolute atomic E-state index is 5.52. The third-order valence-corrected chi connectivity index (χ3v) is 3.54. The minimum atomic E-state index is 0.847. The molecule has 0 aromatic rings. The van der Waals surface area contributed by atoms with Crippen LogP contribution in [0, 0.1) is 5.92 Å².